The number of aryl methyl sites for hydroxylation is 1. The van der Waals surface area contributed by atoms with Crippen LogP contribution in [0.5, 0.6) is 11.5 Å². The molecule has 3 aliphatic rings. The summed E-state index contributed by atoms with van der Waals surface area (Å²) in [5.41, 5.74) is 2.97. The number of Topliss-reactive ketones (excluding diaryl/α,β-unsaturated/α-hetero) is 1. The van der Waals surface area contributed by atoms with Crippen LogP contribution in [-0.4, -0.2) is 23.5 Å². The lowest BCUT2D eigenvalue weighted by molar-refractivity contribution is 0.0867. The van der Waals surface area contributed by atoms with Crippen molar-refractivity contribution in [2.75, 3.05) is 6.73 Å². The van der Waals surface area contributed by atoms with Crippen molar-refractivity contribution in [3.05, 3.63) is 62.3 Å². The van der Waals surface area contributed by atoms with Gasteiger partial charge in [-0.25, -0.2) is 0 Å². The molecular formula is C21H17Cl2NO3. The second kappa shape index (κ2) is 6.26. The first-order valence-electron chi connectivity index (χ1n) is 8.94. The molecule has 2 heterocycles. The van der Waals surface area contributed by atoms with Crippen molar-refractivity contribution in [1.29, 1.82) is 0 Å². The molecule has 0 N–H and O–H groups in total. The first-order valence-corrected chi connectivity index (χ1v) is 9.70. The van der Waals surface area contributed by atoms with E-state index in [2.05, 4.69) is 4.90 Å². The fourth-order valence-corrected chi connectivity index (χ4v) is 4.21. The van der Waals surface area contributed by atoms with Gasteiger partial charge in [0.1, 0.15) is 18.2 Å². The van der Waals surface area contributed by atoms with Crippen LogP contribution in [0, 0.1) is 6.92 Å². The number of allylic oxidation sites excluding steroid dienone is 1. The van der Waals surface area contributed by atoms with Crippen molar-refractivity contribution in [3.8, 4) is 11.5 Å². The zero-order valence-electron chi connectivity index (χ0n) is 14.7. The molecule has 27 heavy (non-hydrogen) atoms. The predicted octanol–water partition coefficient (Wildman–Crippen LogP) is 5.23. The summed E-state index contributed by atoms with van der Waals surface area (Å²) in [6.45, 7) is 3.22. The van der Waals surface area contributed by atoms with E-state index in [0.717, 1.165) is 23.4 Å². The van der Waals surface area contributed by atoms with Crippen molar-refractivity contribution in [1.82, 2.24) is 4.90 Å². The zero-order valence-corrected chi connectivity index (χ0v) is 16.2. The number of hydrogen-bond donors (Lipinski definition) is 0. The molecule has 138 valence electrons. The Bertz CT molecular complexity index is 991. The van der Waals surface area contributed by atoms with E-state index in [-0.39, 0.29) is 11.5 Å². The number of carbonyl (C=O) groups excluding carboxylic acids is 1. The first-order chi connectivity index (χ1) is 13.0. The lowest BCUT2D eigenvalue weighted by Crippen LogP contribution is -2.34. The van der Waals surface area contributed by atoms with Gasteiger partial charge in [-0.3, -0.25) is 9.69 Å². The van der Waals surface area contributed by atoms with E-state index < -0.39 is 0 Å². The van der Waals surface area contributed by atoms with Crippen LogP contribution in [0.15, 0.2) is 30.0 Å². The molecule has 0 bridgehead atoms. The molecule has 0 radical (unpaired) electrons. The number of rotatable bonds is 2. The van der Waals surface area contributed by atoms with E-state index >= 15 is 0 Å². The van der Waals surface area contributed by atoms with Crippen LogP contribution in [0.3, 0.4) is 0 Å². The Kier molecular flexibility index (Phi) is 3.97. The average Bonchev–Trinajstić information content (AvgIpc) is 3.43. The Labute approximate surface area is 167 Å². The third-order valence-corrected chi connectivity index (χ3v) is 5.95. The maximum Gasteiger partial charge on any atom is 0.232 e. The quantitative estimate of drug-likeness (QED) is 0.645. The fourth-order valence-electron chi connectivity index (χ4n) is 3.70. The molecule has 1 fully saturated rings. The van der Waals surface area contributed by atoms with Gasteiger partial charge in [0, 0.05) is 28.2 Å². The number of hydrogen-bond acceptors (Lipinski definition) is 4. The maximum absolute atomic E-state index is 13.0. The molecule has 1 saturated carbocycles. The number of ketones is 1. The summed E-state index contributed by atoms with van der Waals surface area (Å²) in [6.07, 6.45) is 4.02. The first kappa shape index (κ1) is 17.1. The number of fused-ring (bicyclic) bond motifs is 3. The van der Waals surface area contributed by atoms with E-state index in [0.29, 0.717) is 39.7 Å². The highest BCUT2D eigenvalue weighted by Crippen LogP contribution is 2.45. The van der Waals surface area contributed by atoms with Crippen LogP contribution in [-0.2, 0) is 6.54 Å². The van der Waals surface area contributed by atoms with E-state index in [1.54, 1.807) is 24.3 Å². The van der Waals surface area contributed by atoms with Gasteiger partial charge in [-0.1, -0.05) is 29.3 Å². The summed E-state index contributed by atoms with van der Waals surface area (Å²) >= 11 is 12.5. The minimum Gasteiger partial charge on any atom is -0.478 e. The zero-order chi connectivity index (χ0) is 18.7. The Morgan fingerprint density at radius 2 is 1.96 bits per heavy atom. The molecule has 0 spiro atoms. The standard InChI is InChI=1S/C21H17Cl2NO3/c1-11-7-17-14(9-24(10-26-17)12-5-6-12)21-19(11)20(25)18(27-21)8-13-15(22)3-2-4-16(13)23/h2-4,7-8,12H,5-6,9-10H2,1H3/b18-8-. The topological polar surface area (TPSA) is 38.8 Å². The molecular weight excluding hydrogens is 385 g/mol. The van der Waals surface area contributed by atoms with Crippen LogP contribution in [0.4, 0.5) is 0 Å². The minimum atomic E-state index is -0.148. The summed E-state index contributed by atoms with van der Waals surface area (Å²) in [6, 6.07) is 7.75. The number of halogens is 2. The number of benzene rings is 2. The van der Waals surface area contributed by atoms with Gasteiger partial charge < -0.3 is 9.47 Å². The minimum absolute atomic E-state index is 0.148. The summed E-state index contributed by atoms with van der Waals surface area (Å²) in [4.78, 5) is 15.3. The molecule has 5 rings (SSSR count). The second-order valence-electron chi connectivity index (χ2n) is 7.20. The van der Waals surface area contributed by atoms with Gasteiger partial charge in [0.25, 0.3) is 0 Å². The Balaban J connectivity index is 1.58. The smallest absolute Gasteiger partial charge is 0.232 e. The Morgan fingerprint density at radius 3 is 2.67 bits per heavy atom. The molecule has 0 aromatic heterocycles. The van der Waals surface area contributed by atoms with Crippen LogP contribution < -0.4 is 9.47 Å². The summed E-state index contributed by atoms with van der Waals surface area (Å²) in [5.74, 6) is 1.49. The van der Waals surface area contributed by atoms with Crippen molar-refractivity contribution in [2.45, 2.75) is 32.4 Å². The van der Waals surface area contributed by atoms with Gasteiger partial charge in [0.15, 0.2) is 5.76 Å². The molecule has 1 aliphatic carbocycles. The summed E-state index contributed by atoms with van der Waals surface area (Å²) < 4.78 is 12.0. The molecule has 0 amide bonds. The fraction of sp³-hybridized carbons (Fsp3) is 0.286. The van der Waals surface area contributed by atoms with Crippen molar-refractivity contribution >= 4 is 35.1 Å². The van der Waals surface area contributed by atoms with Crippen molar-refractivity contribution in [3.63, 3.8) is 0 Å². The lowest BCUT2D eigenvalue weighted by atomic mass is 9.98. The SMILES string of the molecule is Cc1cc2c(c3c1C(=O)/C(=C/c1c(Cl)cccc1Cl)O3)CN(C1CC1)CO2. The molecule has 4 nitrogen and oxygen atoms in total. The number of nitrogens with zero attached hydrogens (tertiary/aromatic N) is 1. The van der Waals surface area contributed by atoms with E-state index in [1.807, 2.05) is 13.0 Å². The number of ether oxygens (including phenoxy) is 2. The monoisotopic (exact) mass is 401 g/mol. The third kappa shape index (κ3) is 2.83. The Hall–Kier alpha value is -2.01. The van der Waals surface area contributed by atoms with Crippen LogP contribution in [0.25, 0.3) is 6.08 Å². The van der Waals surface area contributed by atoms with Crippen molar-refractivity contribution < 1.29 is 14.3 Å². The van der Waals surface area contributed by atoms with E-state index in [1.165, 1.54) is 12.8 Å². The highest BCUT2D eigenvalue weighted by Gasteiger charge is 2.38. The van der Waals surface area contributed by atoms with Crippen LogP contribution >= 0.6 is 23.2 Å². The van der Waals surface area contributed by atoms with E-state index in [9.17, 15) is 4.79 Å². The van der Waals surface area contributed by atoms with Gasteiger partial charge in [0.2, 0.25) is 5.78 Å². The van der Waals surface area contributed by atoms with Crippen molar-refractivity contribution in [2.24, 2.45) is 0 Å². The van der Waals surface area contributed by atoms with Gasteiger partial charge in [-0.2, -0.15) is 0 Å². The molecule has 0 saturated heterocycles. The molecule has 6 heteroatoms. The second-order valence-corrected chi connectivity index (χ2v) is 8.02. The van der Waals surface area contributed by atoms with Gasteiger partial charge in [0.05, 0.1) is 11.1 Å². The molecule has 2 aromatic rings. The average molecular weight is 402 g/mol. The van der Waals surface area contributed by atoms with Gasteiger partial charge in [-0.15, -0.1) is 0 Å². The van der Waals surface area contributed by atoms with Gasteiger partial charge in [-0.05, 0) is 49.6 Å². The number of carbonyl (C=O) groups is 1. The van der Waals surface area contributed by atoms with E-state index in [4.69, 9.17) is 32.7 Å². The molecule has 2 aromatic carbocycles. The highest BCUT2D eigenvalue weighted by molar-refractivity contribution is 6.37. The third-order valence-electron chi connectivity index (χ3n) is 5.29. The van der Waals surface area contributed by atoms with Crippen LogP contribution in [0.1, 0.15) is 39.9 Å². The predicted molar refractivity (Wildman–Crippen MR) is 105 cm³/mol. The van der Waals surface area contributed by atoms with Crippen LogP contribution in [0.2, 0.25) is 10.0 Å². The molecule has 2 aliphatic heterocycles. The largest absolute Gasteiger partial charge is 0.478 e. The summed E-state index contributed by atoms with van der Waals surface area (Å²) in [7, 11) is 0. The molecule has 0 atom stereocenters. The van der Waals surface area contributed by atoms with Gasteiger partial charge >= 0.3 is 0 Å². The summed E-state index contributed by atoms with van der Waals surface area (Å²) in [5, 5.41) is 0.952. The maximum atomic E-state index is 13.0. The highest BCUT2D eigenvalue weighted by atomic mass is 35.5. The lowest BCUT2D eigenvalue weighted by Gasteiger charge is -2.30. The molecule has 0 unspecified atom stereocenters. The Morgan fingerprint density at radius 1 is 1.22 bits per heavy atom. The normalized spacial score (nSPS) is 20.3.